The van der Waals surface area contributed by atoms with Crippen LogP contribution in [0.2, 0.25) is 0 Å². The summed E-state index contributed by atoms with van der Waals surface area (Å²) in [5.41, 5.74) is -2.03. The van der Waals surface area contributed by atoms with Crippen molar-refractivity contribution in [3.05, 3.63) is 0 Å². The number of amides is 1. The number of alkyl carbamates (subject to hydrolysis) is 1. The molecule has 0 aliphatic heterocycles. The molecule has 106 valence electrons. The molecule has 0 bridgehead atoms. The van der Waals surface area contributed by atoms with Crippen LogP contribution < -0.4 is 5.32 Å². The van der Waals surface area contributed by atoms with Gasteiger partial charge in [0.25, 0.3) is 0 Å². The predicted molar refractivity (Wildman–Crippen MR) is 65.0 cm³/mol. The monoisotopic (exact) mass is 261 g/mol. The van der Waals surface area contributed by atoms with Crippen LogP contribution in [0, 0.1) is 5.92 Å². The van der Waals surface area contributed by atoms with Gasteiger partial charge in [-0.15, -0.1) is 0 Å². The summed E-state index contributed by atoms with van der Waals surface area (Å²) in [5, 5.41) is 31.6. The molecule has 4 atom stereocenters. The van der Waals surface area contributed by atoms with Crippen LogP contribution in [0.1, 0.15) is 34.1 Å². The topological polar surface area (TPSA) is 99.0 Å². The Hall–Kier alpha value is -0.850. The van der Waals surface area contributed by atoms with Gasteiger partial charge < -0.3 is 25.4 Å². The number of nitrogens with one attached hydrogen (secondary N) is 1. The minimum absolute atomic E-state index is 0.240. The van der Waals surface area contributed by atoms with Crippen LogP contribution in [0.5, 0.6) is 0 Å². The van der Waals surface area contributed by atoms with E-state index in [-0.39, 0.29) is 6.61 Å². The third-order valence-corrected chi connectivity index (χ3v) is 3.27. The van der Waals surface area contributed by atoms with Crippen LogP contribution in [0.15, 0.2) is 0 Å². The van der Waals surface area contributed by atoms with Crippen molar-refractivity contribution >= 4 is 6.09 Å². The Labute approximate surface area is 107 Å². The van der Waals surface area contributed by atoms with Crippen molar-refractivity contribution in [1.82, 2.24) is 5.32 Å². The first-order chi connectivity index (χ1) is 8.08. The summed E-state index contributed by atoms with van der Waals surface area (Å²) >= 11 is 0. The van der Waals surface area contributed by atoms with E-state index in [9.17, 15) is 15.0 Å². The van der Waals surface area contributed by atoms with E-state index in [4.69, 9.17) is 9.84 Å². The average Bonchev–Trinajstić information content (AvgIpc) is 2.38. The second-order valence-corrected chi connectivity index (χ2v) is 6.04. The van der Waals surface area contributed by atoms with Gasteiger partial charge in [-0.3, -0.25) is 0 Å². The van der Waals surface area contributed by atoms with Crippen molar-refractivity contribution in [2.75, 3.05) is 6.61 Å². The zero-order chi connectivity index (χ0) is 14.1. The molecule has 1 aliphatic rings. The lowest BCUT2D eigenvalue weighted by molar-refractivity contribution is -0.0815. The van der Waals surface area contributed by atoms with Crippen molar-refractivity contribution < 1.29 is 24.9 Å². The van der Waals surface area contributed by atoms with E-state index in [1.165, 1.54) is 6.92 Å². The predicted octanol–water partition coefficient (Wildman–Crippen LogP) is 0.00380. The van der Waals surface area contributed by atoms with E-state index >= 15 is 0 Å². The van der Waals surface area contributed by atoms with Crippen molar-refractivity contribution in [2.45, 2.75) is 57.5 Å². The van der Waals surface area contributed by atoms with Gasteiger partial charge in [-0.25, -0.2) is 4.79 Å². The van der Waals surface area contributed by atoms with Crippen LogP contribution in [-0.4, -0.2) is 51.4 Å². The largest absolute Gasteiger partial charge is 0.444 e. The van der Waals surface area contributed by atoms with Gasteiger partial charge in [-0.1, -0.05) is 0 Å². The zero-order valence-electron chi connectivity index (χ0n) is 11.3. The Bertz CT molecular complexity index is 310. The third kappa shape index (κ3) is 3.34. The summed E-state index contributed by atoms with van der Waals surface area (Å²) in [5.74, 6) is -0.465. The second kappa shape index (κ2) is 5.03. The van der Waals surface area contributed by atoms with Crippen LogP contribution in [-0.2, 0) is 4.74 Å². The summed E-state index contributed by atoms with van der Waals surface area (Å²) in [4.78, 5) is 11.6. The minimum atomic E-state index is -1.41. The van der Waals surface area contributed by atoms with E-state index in [0.29, 0.717) is 6.42 Å². The van der Waals surface area contributed by atoms with Crippen LogP contribution >= 0.6 is 0 Å². The maximum absolute atomic E-state index is 11.6. The molecule has 0 saturated heterocycles. The summed E-state index contributed by atoms with van der Waals surface area (Å²) < 4.78 is 5.08. The standard InChI is InChI=1S/C12H23NO5/c1-11(2,3)18-10(16)13-8-5-7(6-14)12(4,17)9(8)15/h7-9,14-15,17H,5-6H2,1-4H3,(H,13,16)/t7-,8-,9+,12-/m1/s1. The lowest BCUT2D eigenvalue weighted by atomic mass is 9.92. The number of rotatable bonds is 2. The fourth-order valence-corrected chi connectivity index (χ4v) is 2.18. The van der Waals surface area contributed by atoms with Crippen molar-refractivity contribution in [3.8, 4) is 0 Å². The Balaban J connectivity index is 2.62. The maximum atomic E-state index is 11.6. The molecule has 0 radical (unpaired) electrons. The van der Waals surface area contributed by atoms with Gasteiger partial charge in [0, 0.05) is 12.5 Å². The first-order valence-corrected chi connectivity index (χ1v) is 6.08. The SMILES string of the molecule is CC(C)(C)OC(=O)N[C@@H]1C[C@H](CO)[C@@](C)(O)[C@H]1O. The lowest BCUT2D eigenvalue weighted by Crippen LogP contribution is -2.49. The minimum Gasteiger partial charge on any atom is -0.444 e. The molecule has 1 rings (SSSR count). The highest BCUT2D eigenvalue weighted by Gasteiger charge is 2.50. The van der Waals surface area contributed by atoms with Crippen LogP contribution in [0.3, 0.4) is 0 Å². The normalized spacial score (nSPS) is 36.5. The highest BCUT2D eigenvalue weighted by Crippen LogP contribution is 2.35. The summed E-state index contributed by atoms with van der Waals surface area (Å²) in [6.45, 7) is 6.44. The molecule has 1 saturated carbocycles. The van der Waals surface area contributed by atoms with Crippen molar-refractivity contribution in [2.24, 2.45) is 5.92 Å². The molecular weight excluding hydrogens is 238 g/mol. The first-order valence-electron chi connectivity index (χ1n) is 6.08. The maximum Gasteiger partial charge on any atom is 0.407 e. The number of ether oxygens (including phenoxy) is 1. The van der Waals surface area contributed by atoms with Gasteiger partial charge in [0.2, 0.25) is 0 Å². The molecule has 0 aromatic rings. The number of aliphatic hydroxyl groups excluding tert-OH is 2. The molecule has 18 heavy (non-hydrogen) atoms. The Kier molecular flexibility index (Phi) is 4.25. The Morgan fingerprint density at radius 1 is 1.50 bits per heavy atom. The van der Waals surface area contributed by atoms with Crippen molar-refractivity contribution in [3.63, 3.8) is 0 Å². The van der Waals surface area contributed by atoms with E-state index in [0.717, 1.165) is 0 Å². The fourth-order valence-electron chi connectivity index (χ4n) is 2.18. The number of hydrogen-bond donors (Lipinski definition) is 4. The van der Waals surface area contributed by atoms with E-state index < -0.39 is 35.4 Å². The third-order valence-electron chi connectivity index (χ3n) is 3.27. The molecule has 0 aromatic carbocycles. The second-order valence-electron chi connectivity index (χ2n) is 6.04. The molecule has 6 heteroatoms. The number of aliphatic hydroxyl groups is 3. The highest BCUT2D eigenvalue weighted by atomic mass is 16.6. The van der Waals surface area contributed by atoms with Gasteiger partial charge in [0.15, 0.2) is 0 Å². The highest BCUT2D eigenvalue weighted by molar-refractivity contribution is 5.68. The summed E-state index contributed by atoms with van der Waals surface area (Å²) in [7, 11) is 0. The van der Waals surface area contributed by atoms with Gasteiger partial charge in [0.1, 0.15) is 11.7 Å². The van der Waals surface area contributed by atoms with E-state index in [1.54, 1.807) is 20.8 Å². The van der Waals surface area contributed by atoms with E-state index in [2.05, 4.69) is 5.32 Å². The van der Waals surface area contributed by atoms with Crippen LogP contribution in [0.4, 0.5) is 4.79 Å². The fraction of sp³-hybridized carbons (Fsp3) is 0.917. The smallest absolute Gasteiger partial charge is 0.407 e. The molecule has 1 amide bonds. The first kappa shape index (κ1) is 15.2. The molecule has 0 heterocycles. The molecule has 0 unspecified atom stereocenters. The summed E-state index contributed by atoms with van der Waals surface area (Å²) in [6.07, 6.45) is -1.45. The molecule has 0 aromatic heterocycles. The van der Waals surface area contributed by atoms with Gasteiger partial charge in [-0.05, 0) is 34.1 Å². The lowest BCUT2D eigenvalue weighted by Gasteiger charge is -2.28. The molecule has 1 aliphatic carbocycles. The number of carbonyl (C=O) groups excluding carboxylic acids is 1. The summed E-state index contributed by atoms with van der Waals surface area (Å²) in [6, 6.07) is -0.619. The average molecular weight is 261 g/mol. The number of hydrogen-bond acceptors (Lipinski definition) is 5. The van der Waals surface area contributed by atoms with Crippen LogP contribution in [0.25, 0.3) is 0 Å². The van der Waals surface area contributed by atoms with Gasteiger partial charge in [0.05, 0.1) is 11.6 Å². The molecule has 0 spiro atoms. The number of carbonyl (C=O) groups is 1. The Morgan fingerprint density at radius 3 is 2.44 bits per heavy atom. The van der Waals surface area contributed by atoms with E-state index in [1.807, 2.05) is 0 Å². The molecule has 6 nitrogen and oxygen atoms in total. The van der Waals surface area contributed by atoms with Gasteiger partial charge in [-0.2, -0.15) is 0 Å². The molecule has 4 N–H and O–H groups in total. The van der Waals surface area contributed by atoms with Gasteiger partial charge >= 0.3 is 6.09 Å². The molecular formula is C12H23NO5. The zero-order valence-corrected chi connectivity index (χ0v) is 11.3. The molecule has 1 fully saturated rings. The quantitative estimate of drug-likeness (QED) is 0.561. The Morgan fingerprint density at radius 2 is 2.06 bits per heavy atom. The van der Waals surface area contributed by atoms with Crippen molar-refractivity contribution in [1.29, 1.82) is 0 Å².